The number of hydrogen-bond acceptors (Lipinski definition) is 2. The summed E-state index contributed by atoms with van der Waals surface area (Å²) in [7, 11) is 1.64. The Morgan fingerprint density at radius 2 is 2.11 bits per heavy atom. The van der Waals surface area contributed by atoms with Gasteiger partial charge in [-0.2, -0.15) is 0 Å². The van der Waals surface area contributed by atoms with Crippen molar-refractivity contribution in [2.75, 3.05) is 7.11 Å². The highest BCUT2D eigenvalue weighted by Gasteiger charge is 2.13. The van der Waals surface area contributed by atoms with E-state index in [9.17, 15) is 0 Å². The third-order valence-electron chi connectivity index (χ3n) is 2.92. The van der Waals surface area contributed by atoms with E-state index in [1.54, 1.807) is 13.3 Å². The Kier molecular flexibility index (Phi) is 2.68. The Morgan fingerprint density at radius 3 is 2.94 bits per heavy atom. The number of pyridine rings is 1. The van der Waals surface area contributed by atoms with E-state index in [0.29, 0.717) is 5.02 Å². The molecule has 90 valence electrons. The Morgan fingerprint density at radius 1 is 1.22 bits per heavy atom. The fourth-order valence-corrected chi connectivity index (χ4v) is 2.38. The van der Waals surface area contributed by atoms with Crippen LogP contribution in [0.4, 0.5) is 0 Å². The molecule has 0 radical (unpaired) electrons. The summed E-state index contributed by atoms with van der Waals surface area (Å²) in [6.45, 7) is 0. The highest BCUT2D eigenvalue weighted by atomic mass is 35.5. The van der Waals surface area contributed by atoms with Crippen molar-refractivity contribution in [2.24, 2.45) is 0 Å². The Labute approximate surface area is 109 Å². The molecule has 3 rings (SSSR count). The maximum absolute atomic E-state index is 6.30. The van der Waals surface area contributed by atoms with Crippen LogP contribution >= 0.6 is 11.6 Å². The van der Waals surface area contributed by atoms with Crippen LogP contribution < -0.4 is 4.74 Å². The van der Waals surface area contributed by atoms with E-state index in [4.69, 9.17) is 16.3 Å². The van der Waals surface area contributed by atoms with E-state index in [1.165, 1.54) is 0 Å². The molecule has 0 aliphatic carbocycles. The number of aromatic amines is 1. The second-order valence-corrected chi connectivity index (χ2v) is 4.32. The predicted molar refractivity (Wildman–Crippen MR) is 73.1 cm³/mol. The molecule has 0 saturated carbocycles. The molecule has 4 heteroatoms. The molecule has 2 aromatic heterocycles. The molecule has 0 fully saturated rings. The first kappa shape index (κ1) is 11.1. The van der Waals surface area contributed by atoms with Gasteiger partial charge in [0.05, 0.1) is 12.1 Å². The summed E-state index contributed by atoms with van der Waals surface area (Å²) in [6, 6.07) is 9.57. The summed E-state index contributed by atoms with van der Waals surface area (Å²) in [5.41, 5.74) is 2.76. The van der Waals surface area contributed by atoms with Crippen molar-refractivity contribution in [1.82, 2.24) is 9.97 Å². The third-order valence-corrected chi connectivity index (χ3v) is 3.24. The molecular formula is C14H11ClN2O. The molecule has 0 unspecified atom stereocenters. The standard InChI is InChI=1S/C14H11ClN2O/c1-18-12-4-2-3-11(15)13(12)9-5-7-16-14-10(9)6-8-17-14/h2-8H,1H3,(H,16,17). The van der Waals surface area contributed by atoms with Gasteiger partial charge in [-0.1, -0.05) is 17.7 Å². The van der Waals surface area contributed by atoms with Crippen LogP contribution in [0.15, 0.2) is 42.7 Å². The zero-order chi connectivity index (χ0) is 12.5. The average molecular weight is 259 g/mol. The molecule has 2 heterocycles. The number of benzene rings is 1. The number of rotatable bonds is 2. The van der Waals surface area contributed by atoms with Gasteiger partial charge in [0.1, 0.15) is 11.4 Å². The highest BCUT2D eigenvalue weighted by molar-refractivity contribution is 6.34. The maximum Gasteiger partial charge on any atom is 0.137 e. The number of H-pyrrole nitrogens is 1. The van der Waals surface area contributed by atoms with Crippen molar-refractivity contribution >= 4 is 22.6 Å². The van der Waals surface area contributed by atoms with E-state index < -0.39 is 0 Å². The van der Waals surface area contributed by atoms with Crippen LogP contribution in [0, 0.1) is 0 Å². The van der Waals surface area contributed by atoms with Gasteiger partial charge in [-0.25, -0.2) is 4.98 Å². The van der Waals surface area contributed by atoms with Crippen molar-refractivity contribution in [3.63, 3.8) is 0 Å². The summed E-state index contributed by atoms with van der Waals surface area (Å²) in [4.78, 5) is 7.36. The van der Waals surface area contributed by atoms with Gasteiger partial charge in [0.15, 0.2) is 0 Å². The van der Waals surface area contributed by atoms with Gasteiger partial charge >= 0.3 is 0 Å². The first-order valence-corrected chi connectivity index (χ1v) is 5.94. The number of fused-ring (bicyclic) bond motifs is 1. The number of methoxy groups -OCH3 is 1. The van der Waals surface area contributed by atoms with Crippen LogP contribution in [0.2, 0.25) is 5.02 Å². The summed E-state index contributed by atoms with van der Waals surface area (Å²) >= 11 is 6.30. The van der Waals surface area contributed by atoms with Gasteiger partial charge in [0, 0.05) is 23.3 Å². The summed E-state index contributed by atoms with van der Waals surface area (Å²) in [5, 5.41) is 1.70. The van der Waals surface area contributed by atoms with Gasteiger partial charge in [-0.15, -0.1) is 0 Å². The van der Waals surface area contributed by atoms with Crippen LogP contribution in [-0.4, -0.2) is 17.1 Å². The molecule has 0 aliphatic rings. The first-order valence-electron chi connectivity index (χ1n) is 5.56. The summed E-state index contributed by atoms with van der Waals surface area (Å²) in [6.07, 6.45) is 3.63. The number of ether oxygens (including phenoxy) is 1. The van der Waals surface area contributed by atoms with Gasteiger partial charge in [0.2, 0.25) is 0 Å². The number of halogens is 1. The molecule has 0 bridgehead atoms. The quantitative estimate of drug-likeness (QED) is 0.757. The second-order valence-electron chi connectivity index (χ2n) is 3.92. The molecule has 0 aliphatic heterocycles. The zero-order valence-corrected chi connectivity index (χ0v) is 10.5. The molecule has 1 N–H and O–H groups in total. The van der Waals surface area contributed by atoms with Crippen molar-refractivity contribution in [3.05, 3.63) is 47.7 Å². The van der Waals surface area contributed by atoms with E-state index in [0.717, 1.165) is 27.9 Å². The van der Waals surface area contributed by atoms with E-state index in [1.807, 2.05) is 36.5 Å². The molecular weight excluding hydrogens is 248 g/mol. The fraction of sp³-hybridized carbons (Fsp3) is 0.0714. The van der Waals surface area contributed by atoms with Gasteiger partial charge < -0.3 is 9.72 Å². The van der Waals surface area contributed by atoms with E-state index in [-0.39, 0.29) is 0 Å². The van der Waals surface area contributed by atoms with E-state index in [2.05, 4.69) is 9.97 Å². The second kappa shape index (κ2) is 4.35. The molecule has 3 nitrogen and oxygen atoms in total. The minimum atomic E-state index is 0.669. The highest BCUT2D eigenvalue weighted by Crippen LogP contribution is 2.39. The van der Waals surface area contributed by atoms with Crippen molar-refractivity contribution in [3.8, 4) is 16.9 Å². The minimum Gasteiger partial charge on any atom is -0.496 e. The molecule has 1 aromatic carbocycles. The molecule has 0 saturated heterocycles. The maximum atomic E-state index is 6.30. The smallest absolute Gasteiger partial charge is 0.137 e. The lowest BCUT2D eigenvalue weighted by atomic mass is 10.0. The first-order chi connectivity index (χ1) is 8.81. The van der Waals surface area contributed by atoms with Crippen LogP contribution in [0.25, 0.3) is 22.2 Å². The normalized spacial score (nSPS) is 10.8. The van der Waals surface area contributed by atoms with Crippen molar-refractivity contribution < 1.29 is 4.74 Å². The minimum absolute atomic E-state index is 0.669. The van der Waals surface area contributed by atoms with Gasteiger partial charge in [-0.3, -0.25) is 0 Å². The Balaban J connectivity index is 2.36. The number of nitrogens with zero attached hydrogens (tertiary/aromatic N) is 1. The SMILES string of the molecule is COc1cccc(Cl)c1-c1ccnc2[nH]ccc12. The van der Waals surface area contributed by atoms with Crippen LogP contribution in [0.3, 0.4) is 0 Å². The van der Waals surface area contributed by atoms with E-state index >= 15 is 0 Å². The van der Waals surface area contributed by atoms with Crippen LogP contribution in [-0.2, 0) is 0 Å². The Hall–Kier alpha value is -2.00. The fourth-order valence-electron chi connectivity index (χ4n) is 2.11. The summed E-state index contributed by atoms with van der Waals surface area (Å²) in [5.74, 6) is 0.760. The molecule has 0 amide bonds. The third kappa shape index (κ3) is 1.64. The molecule has 18 heavy (non-hydrogen) atoms. The molecule has 3 aromatic rings. The topological polar surface area (TPSA) is 37.9 Å². The largest absolute Gasteiger partial charge is 0.496 e. The lowest BCUT2D eigenvalue weighted by Crippen LogP contribution is -1.90. The monoisotopic (exact) mass is 258 g/mol. The summed E-state index contributed by atoms with van der Waals surface area (Å²) < 4.78 is 5.39. The van der Waals surface area contributed by atoms with Crippen LogP contribution in [0.1, 0.15) is 0 Å². The zero-order valence-electron chi connectivity index (χ0n) is 9.77. The average Bonchev–Trinajstić information content (AvgIpc) is 2.86. The molecule has 0 spiro atoms. The molecule has 0 atom stereocenters. The number of aromatic nitrogens is 2. The van der Waals surface area contributed by atoms with Crippen LogP contribution in [0.5, 0.6) is 5.75 Å². The lowest BCUT2D eigenvalue weighted by molar-refractivity contribution is 0.416. The number of nitrogens with one attached hydrogen (secondary N) is 1. The predicted octanol–water partition coefficient (Wildman–Crippen LogP) is 3.89. The lowest BCUT2D eigenvalue weighted by Gasteiger charge is -2.11. The van der Waals surface area contributed by atoms with Crippen molar-refractivity contribution in [1.29, 1.82) is 0 Å². The Bertz CT molecular complexity index is 706. The number of hydrogen-bond donors (Lipinski definition) is 1. The van der Waals surface area contributed by atoms with Gasteiger partial charge in [-0.05, 0) is 29.8 Å². The van der Waals surface area contributed by atoms with Crippen molar-refractivity contribution in [2.45, 2.75) is 0 Å². The van der Waals surface area contributed by atoms with Gasteiger partial charge in [0.25, 0.3) is 0 Å².